The van der Waals surface area contributed by atoms with Gasteiger partial charge in [-0.1, -0.05) is 12.2 Å². The predicted octanol–water partition coefficient (Wildman–Crippen LogP) is 2.21. The molecular weight excluding hydrogens is 418 g/mol. The maximum atomic E-state index is 13.2. The molecule has 3 amide bonds. The fourth-order valence-corrected chi connectivity index (χ4v) is 6.40. The number of hydrogen-bond donors (Lipinski definition) is 0. The van der Waals surface area contributed by atoms with E-state index in [-0.39, 0.29) is 35.8 Å². The van der Waals surface area contributed by atoms with Crippen molar-refractivity contribution in [3.63, 3.8) is 0 Å². The molecule has 31 heavy (non-hydrogen) atoms. The molecule has 0 spiro atoms. The minimum atomic E-state index is -2.65. The van der Waals surface area contributed by atoms with Crippen LogP contribution in [0.1, 0.15) is 37.9 Å². The molecule has 2 aliphatic heterocycles. The molecule has 9 heteroatoms. The lowest BCUT2D eigenvalue weighted by Gasteiger charge is -2.23. The van der Waals surface area contributed by atoms with Gasteiger partial charge in [-0.15, -0.1) is 0 Å². The molecule has 168 valence electrons. The average Bonchev–Trinajstić information content (AvgIpc) is 3.36. The molecule has 0 bridgehead atoms. The first-order chi connectivity index (χ1) is 14.9. The summed E-state index contributed by atoms with van der Waals surface area (Å²) in [4.78, 5) is 41.3. The van der Waals surface area contributed by atoms with Gasteiger partial charge < -0.3 is 14.2 Å². The summed E-state index contributed by atoms with van der Waals surface area (Å²) in [5.41, 5.74) is 0. The van der Waals surface area contributed by atoms with E-state index < -0.39 is 15.6 Å². The summed E-state index contributed by atoms with van der Waals surface area (Å²) in [6.07, 6.45) is 8.60. The molecule has 4 rings (SSSR count). The van der Waals surface area contributed by atoms with Crippen LogP contribution in [-0.4, -0.2) is 62.9 Å². The van der Waals surface area contributed by atoms with Gasteiger partial charge in [0, 0.05) is 43.5 Å². The van der Waals surface area contributed by atoms with Gasteiger partial charge in [-0.2, -0.15) is 4.36 Å². The molecule has 0 radical (unpaired) electrons. The zero-order valence-electron chi connectivity index (χ0n) is 17.6. The SMILES string of the molecule is O=C(N=S1(=O)CCCN(C(=O)C2CC(=O)N(Cc3ccco3)C2)CC1)C1CC=CCC1. The number of nitrogens with zero attached hydrogens (tertiary/aromatic N) is 3. The second kappa shape index (κ2) is 9.38. The molecule has 2 saturated heterocycles. The van der Waals surface area contributed by atoms with Gasteiger partial charge in [-0.25, -0.2) is 4.21 Å². The molecule has 0 aromatic carbocycles. The second-order valence-electron chi connectivity index (χ2n) is 8.53. The van der Waals surface area contributed by atoms with Gasteiger partial charge in [-0.05, 0) is 37.8 Å². The largest absolute Gasteiger partial charge is 0.467 e. The Labute approximate surface area is 182 Å². The van der Waals surface area contributed by atoms with Crippen LogP contribution in [0, 0.1) is 11.8 Å². The van der Waals surface area contributed by atoms with Gasteiger partial charge in [0.25, 0.3) is 5.91 Å². The van der Waals surface area contributed by atoms with Crippen molar-refractivity contribution in [1.29, 1.82) is 0 Å². The van der Waals surface area contributed by atoms with E-state index in [2.05, 4.69) is 10.4 Å². The normalized spacial score (nSPS) is 29.1. The average molecular weight is 448 g/mol. The van der Waals surface area contributed by atoms with Gasteiger partial charge in [0.05, 0.1) is 28.5 Å². The number of furan rings is 1. The quantitative estimate of drug-likeness (QED) is 0.659. The Bertz CT molecular complexity index is 977. The predicted molar refractivity (Wildman–Crippen MR) is 115 cm³/mol. The molecule has 0 N–H and O–H groups in total. The van der Waals surface area contributed by atoms with E-state index in [0.29, 0.717) is 50.5 Å². The summed E-state index contributed by atoms with van der Waals surface area (Å²) in [6, 6.07) is 3.58. The van der Waals surface area contributed by atoms with Crippen molar-refractivity contribution in [1.82, 2.24) is 9.80 Å². The van der Waals surface area contributed by atoms with Crippen LogP contribution in [-0.2, 0) is 30.7 Å². The molecule has 3 heterocycles. The maximum absolute atomic E-state index is 13.2. The standard InChI is InChI=1S/C22H29N3O5S/c26-20-14-18(15-25(20)16-19-8-4-11-30-19)22(28)24-9-5-12-31(29,13-10-24)23-21(27)17-6-2-1-3-7-17/h1-2,4,8,11,17-18H,3,5-7,9-10,12-16H2. The maximum Gasteiger partial charge on any atom is 0.257 e. The van der Waals surface area contributed by atoms with Crippen molar-refractivity contribution in [2.75, 3.05) is 31.1 Å². The van der Waals surface area contributed by atoms with Crippen molar-refractivity contribution in [2.45, 2.75) is 38.6 Å². The van der Waals surface area contributed by atoms with Crippen LogP contribution in [0.3, 0.4) is 0 Å². The molecule has 1 aromatic heterocycles. The summed E-state index contributed by atoms with van der Waals surface area (Å²) in [6.45, 7) is 1.51. The Kier molecular flexibility index (Phi) is 6.60. The highest BCUT2D eigenvalue weighted by atomic mass is 32.2. The van der Waals surface area contributed by atoms with E-state index in [1.165, 1.54) is 0 Å². The van der Waals surface area contributed by atoms with E-state index in [1.807, 2.05) is 12.1 Å². The Morgan fingerprint density at radius 3 is 2.81 bits per heavy atom. The highest BCUT2D eigenvalue weighted by Crippen LogP contribution is 2.24. The van der Waals surface area contributed by atoms with E-state index in [0.717, 1.165) is 12.8 Å². The number of hydrogen-bond acceptors (Lipinski definition) is 5. The van der Waals surface area contributed by atoms with Crippen LogP contribution in [0.4, 0.5) is 0 Å². The highest BCUT2D eigenvalue weighted by Gasteiger charge is 2.37. The Morgan fingerprint density at radius 1 is 1.19 bits per heavy atom. The van der Waals surface area contributed by atoms with E-state index in [9.17, 15) is 18.6 Å². The summed E-state index contributed by atoms with van der Waals surface area (Å²) >= 11 is 0. The molecule has 8 nitrogen and oxygen atoms in total. The van der Waals surface area contributed by atoms with Crippen molar-refractivity contribution >= 4 is 27.5 Å². The summed E-state index contributed by atoms with van der Waals surface area (Å²) < 4.78 is 22.7. The smallest absolute Gasteiger partial charge is 0.257 e. The van der Waals surface area contributed by atoms with Gasteiger partial charge >= 0.3 is 0 Å². The molecule has 2 fully saturated rings. The van der Waals surface area contributed by atoms with Crippen molar-refractivity contribution in [3.8, 4) is 0 Å². The first-order valence-corrected chi connectivity index (χ1v) is 12.8. The fraction of sp³-hybridized carbons (Fsp3) is 0.591. The molecular formula is C22H29N3O5S. The monoisotopic (exact) mass is 447 g/mol. The minimum absolute atomic E-state index is 0.0597. The zero-order valence-corrected chi connectivity index (χ0v) is 18.4. The first-order valence-electron chi connectivity index (χ1n) is 10.9. The Hall–Kier alpha value is -2.42. The van der Waals surface area contributed by atoms with Gasteiger partial charge in [-0.3, -0.25) is 14.4 Å². The third-order valence-electron chi connectivity index (χ3n) is 6.25. The fourth-order valence-electron chi connectivity index (χ4n) is 4.45. The van der Waals surface area contributed by atoms with Crippen LogP contribution < -0.4 is 0 Å². The number of likely N-dealkylation sites (tertiary alicyclic amines) is 1. The number of allylic oxidation sites excluding steroid dienone is 2. The number of carbonyl (C=O) groups excluding carboxylic acids is 3. The second-order valence-corrected chi connectivity index (χ2v) is 11.1. The van der Waals surface area contributed by atoms with Gasteiger partial charge in [0.15, 0.2) is 0 Å². The van der Waals surface area contributed by atoms with Crippen molar-refractivity contribution in [2.24, 2.45) is 16.2 Å². The third kappa shape index (κ3) is 5.26. The lowest BCUT2D eigenvalue weighted by Crippen LogP contribution is -2.39. The Morgan fingerprint density at radius 2 is 2.06 bits per heavy atom. The van der Waals surface area contributed by atoms with Gasteiger partial charge in [0.1, 0.15) is 5.76 Å². The molecule has 1 aromatic rings. The molecule has 1 aliphatic carbocycles. The molecule has 3 aliphatic rings. The zero-order chi connectivity index (χ0) is 21.8. The first kappa shape index (κ1) is 21.8. The summed E-state index contributed by atoms with van der Waals surface area (Å²) in [7, 11) is -2.65. The summed E-state index contributed by atoms with van der Waals surface area (Å²) in [5.74, 6) is 0.263. The molecule has 3 atom stereocenters. The summed E-state index contributed by atoms with van der Waals surface area (Å²) in [5, 5.41) is 0. The third-order valence-corrected chi connectivity index (χ3v) is 8.51. The van der Waals surface area contributed by atoms with Crippen LogP contribution in [0.2, 0.25) is 0 Å². The highest BCUT2D eigenvalue weighted by molar-refractivity contribution is 7.93. The van der Waals surface area contributed by atoms with Crippen LogP contribution >= 0.6 is 0 Å². The number of rotatable bonds is 4. The Balaban J connectivity index is 1.36. The van der Waals surface area contributed by atoms with Crippen LogP contribution in [0.15, 0.2) is 39.3 Å². The number of carbonyl (C=O) groups is 3. The van der Waals surface area contributed by atoms with Crippen LogP contribution in [0.5, 0.6) is 0 Å². The van der Waals surface area contributed by atoms with Crippen molar-refractivity contribution in [3.05, 3.63) is 36.3 Å². The molecule has 0 saturated carbocycles. The van der Waals surface area contributed by atoms with Crippen molar-refractivity contribution < 1.29 is 23.0 Å². The lowest BCUT2D eigenvalue weighted by molar-refractivity contribution is -0.135. The van der Waals surface area contributed by atoms with E-state index in [1.54, 1.807) is 22.1 Å². The number of amides is 3. The van der Waals surface area contributed by atoms with E-state index >= 15 is 0 Å². The van der Waals surface area contributed by atoms with Crippen LogP contribution in [0.25, 0.3) is 0 Å². The van der Waals surface area contributed by atoms with E-state index in [4.69, 9.17) is 4.42 Å². The lowest BCUT2D eigenvalue weighted by atomic mass is 9.94. The topological polar surface area (TPSA) is 100 Å². The minimum Gasteiger partial charge on any atom is -0.467 e. The van der Waals surface area contributed by atoms with Gasteiger partial charge in [0.2, 0.25) is 11.8 Å². The molecule has 3 unspecified atom stereocenters.